The van der Waals surface area contributed by atoms with Crippen LogP contribution in [0.4, 0.5) is 5.69 Å². The average Bonchev–Trinajstić information content (AvgIpc) is 3.18. The first-order valence-electron chi connectivity index (χ1n) is 8.39. The van der Waals surface area contributed by atoms with Crippen molar-refractivity contribution in [2.45, 2.75) is 13.8 Å². The molecule has 0 bridgehead atoms. The molecule has 0 aliphatic heterocycles. The van der Waals surface area contributed by atoms with E-state index in [2.05, 4.69) is 15.5 Å². The molecule has 0 saturated heterocycles. The molecule has 5 heteroatoms. The third-order valence-corrected chi connectivity index (χ3v) is 4.51. The molecule has 1 heterocycles. The molecular formula is C21H18N4O. The maximum Gasteiger partial charge on any atom is 0.256 e. The highest BCUT2D eigenvalue weighted by Gasteiger charge is 2.13. The Hall–Kier alpha value is -3.47. The summed E-state index contributed by atoms with van der Waals surface area (Å²) in [6.45, 7) is 3.97. The van der Waals surface area contributed by atoms with E-state index in [0.717, 1.165) is 33.3 Å². The van der Waals surface area contributed by atoms with Crippen LogP contribution in [0.3, 0.4) is 0 Å². The van der Waals surface area contributed by atoms with Crippen molar-refractivity contribution in [2.75, 3.05) is 5.32 Å². The van der Waals surface area contributed by atoms with Gasteiger partial charge in [0.15, 0.2) is 0 Å². The molecule has 0 radical (unpaired) electrons. The number of carbonyl (C=O) groups excluding carboxylic acids is 1. The highest BCUT2D eigenvalue weighted by atomic mass is 16.1. The van der Waals surface area contributed by atoms with Gasteiger partial charge in [-0.15, -0.1) is 10.2 Å². The number of fused-ring (bicyclic) bond motifs is 1. The van der Waals surface area contributed by atoms with Crippen LogP contribution in [-0.4, -0.2) is 20.7 Å². The molecule has 1 aromatic heterocycles. The van der Waals surface area contributed by atoms with E-state index >= 15 is 0 Å². The number of hydrogen-bond acceptors (Lipinski definition) is 3. The van der Waals surface area contributed by atoms with Gasteiger partial charge < -0.3 is 5.32 Å². The van der Waals surface area contributed by atoms with Gasteiger partial charge >= 0.3 is 0 Å². The molecule has 4 aromatic rings. The minimum Gasteiger partial charge on any atom is -0.321 e. The van der Waals surface area contributed by atoms with Gasteiger partial charge in [-0.05, 0) is 53.9 Å². The number of aryl methyl sites for hydroxylation is 2. The van der Waals surface area contributed by atoms with Crippen LogP contribution in [0.5, 0.6) is 0 Å². The summed E-state index contributed by atoms with van der Waals surface area (Å²) in [6, 6.07) is 17.7. The molecule has 0 fully saturated rings. The van der Waals surface area contributed by atoms with E-state index in [4.69, 9.17) is 0 Å². The van der Waals surface area contributed by atoms with E-state index in [0.29, 0.717) is 5.56 Å². The number of anilines is 1. The Labute approximate surface area is 151 Å². The van der Waals surface area contributed by atoms with Crippen molar-refractivity contribution in [3.05, 3.63) is 83.9 Å². The summed E-state index contributed by atoms with van der Waals surface area (Å²) in [5.74, 6) is -0.106. The number of benzene rings is 3. The third kappa shape index (κ3) is 2.84. The van der Waals surface area contributed by atoms with E-state index < -0.39 is 0 Å². The molecule has 4 rings (SSSR count). The minimum absolute atomic E-state index is 0.106. The standard InChI is InChI=1S/C21H18N4O/c1-14-10-17(25-12-22-23-13-25)11-15(2)20(14)24-21(26)19-9-5-7-16-6-3-4-8-18(16)19/h3-13H,1-2H3,(H,24,26). The topological polar surface area (TPSA) is 59.8 Å². The summed E-state index contributed by atoms with van der Waals surface area (Å²) in [4.78, 5) is 12.9. The Morgan fingerprint density at radius 3 is 2.31 bits per heavy atom. The van der Waals surface area contributed by atoms with Crippen LogP contribution in [0, 0.1) is 13.8 Å². The molecule has 26 heavy (non-hydrogen) atoms. The minimum atomic E-state index is -0.106. The van der Waals surface area contributed by atoms with E-state index in [9.17, 15) is 4.79 Å². The molecule has 5 nitrogen and oxygen atoms in total. The van der Waals surface area contributed by atoms with Crippen LogP contribution in [0.15, 0.2) is 67.3 Å². The number of carbonyl (C=O) groups is 1. The maximum absolute atomic E-state index is 12.9. The van der Waals surface area contributed by atoms with Gasteiger partial charge in [-0.1, -0.05) is 36.4 Å². The third-order valence-electron chi connectivity index (χ3n) is 4.51. The van der Waals surface area contributed by atoms with Crippen molar-refractivity contribution in [2.24, 2.45) is 0 Å². The van der Waals surface area contributed by atoms with Crippen LogP contribution < -0.4 is 5.32 Å². The van der Waals surface area contributed by atoms with Crippen molar-refractivity contribution < 1.29 is 4.79 Å². The lowest BCUT2D eigenvalue weighted by atomic mass is 10.0. The monoisotopic (exact) mass is 342 g/mol. The predicted octanol–water partition coefficient (Wildman–Crippen LogP) is 4.29. The molecule has 0 atom stereocenters. The number of aromatic nitrogens is 3. The van der Waals surface area contributed by atoms with Gasteiger partial charge in [0.25, 0.3) is 5.91 Å². The van der Waals surface area contributed by atoms with Crippen LogP contribution in [0.25, 0.3) is 16.5 Å². The Morgan fingerprint density at radius 1 is 0.923 bits per heavy atom. The summed E-state index contributed by atoms with van der Waals surface area (Å²) in [7, 11) is 0. The quantitative estimate of drug-likeness (QED) is 0.604. The second-order valence-electron chi connectivity index (χ2n) is 6.30. The molecule has 0 aliphatic carbocycles. The molecule has 128 valence electrons. The summed E-state index contributed by atoms with van der Waals surface area (Å²) >= 11 is 0. The van der Waals surface area contributed by atoms with Crippen molar-refractivity contribution in [3.63, 3.8) is 0 Å². The molecule has 0 unspecified atom stereocenters. The average molecular weight is 342 g/mol. The zero-order valence-electron chi connectivity index (χ0n) is 14.6. The zero-order valence-corrected chi connectivity index (χ0v) is 14.6. The molecule has 1 amide bonds. The fraction of sp³-hybridized carbons (Fsp3) is 0.0952. The smallest absolute Gasteiger partial charge is 0.256 e. The summed E-state index contributed by atoms with van der Waals surface area (Å²) in [6.07, 6.45) is 3.31. The number of rotatable bonds is 3. The van der Waals surface area contributed by atoms with E-state index in [1.54, 1.807) is 12.7 Å². The molecule has 0 spiro atoms. The van der Waals surface area contributed by atoms with Gasteiger partial charge in [-0.2, -0.15) is 0 Å². The lowest BCUT2D eigenvalue weighted by Gasteiger charge is -2.15. The second-order valence-corrected chi connectivity index (χ2v) is 6.30. The molecular weight excluding hydrogens is 324 g/mol. The first-order valence-corrected chi connectivity index (χ1v) is 8.39. The van der Waals surface area contributed by atoms with Gasteiger partial charge in [-0.25, -0.2) is 0 Å². The Bertz CT molecular complexity index is 1070. The zero-order chi connectivity index (χ0) is 18.1. The van der Waals surface area contributed by atoms with Crippen LogP contribution >= 0.6 is 0 Å². The SMILES string of the molecule is Cc1cc(-n2cnnc2)cc(C)c1NC(=O)c1cccc2ccccc12. The van der Waals surface area contributed by atoms with E-state index in [1.807, 2.05) is 73.0 Å². The van der Waals surface area contributed by atoms with Gasteiger partial charge in [0.2, 0.25) is 0 Å². The van der Waals surface area contributed by atoms with Crippen molar-refractivity contribution in [1.82, 2.24) is 14.8 Å². The largest absolute Gasteiger partial charge is 0.321 e. The van der Waals surface area contributed by atoms with Gasteiger partial charge in [0.1, 0.15) is 12.7 Å². The normalized spacial score (nSPS) is 10.8. The predicted molar refractivity (Wildman–Crippen MR) is 103 cm³/mol. The number of nitrogens with zero attached hydrogens (tertiary/aromatic N) is 3. The van der Waals surface area contributed by atoms with Gasteiger partial charge in [-0.3, -0.25) is 9.36 Å². The first kappa shape index (κ1) is 16.0. The van der Waals surface area contributed by atoms with Crippen LogP contribution in [-0.2, 0) is 0 Å². The number of hydrogen-bond donors (Lipinski definition) is 1. The summed E-state index contributed by atoms with van der Waals surface area (Å²) in [5.41, 5.74) is 4.45. The fourth-order valence-electron chi connectivity index (χ4n) is 3.23. The van der Waals surface area contributed by atoms with Crippen LogP contribution in [0.1, 0.15) is 21.5 Å². The van der Waals surface area contributed by atoms with Crippen molar-refractivity contribution >= 4 is 22.4 Å². The highest BCUT2D eigenvalue weighted by molar-refractivity contribution is 6.13. The molecule has 0 saturated carbocycles. The van der Waals surface area contributed by atoms with Gasteiger partial charge in [0.05, 0.1) is 0 Å². The number of amides is 1. The second kappa shape index (κ2) is 6.44. The molecule has 1 N–H and O–H groups in total. The van der Waals surface area contributed by atoms with Gasteiger partial charge in [0, 0.05) is 16.9 Å². The number of nitrogens with one attached hydrogen (secondary N) is 1. The van der Waals surface area contributed by atoms with Crippen molar-refractivity contribution in [3.8, 4) is 5.69 Å². The lowest BCUT2D eigenvalue weighted by molar-refractivity contribution is 0.102. The van der Waals surface area contributed by atoms with Crippen LogP contribution in [0.2, 0.25) is 0 Å². The Morgan fingerprint density at radius 2 is 1.58 bits per heavy atom. The lowest BCUT2D eigenvalue weighted by Crippen LogP contribution is -2.14. The Balaban J connectivity index is 1.70. The van der Waals surface area contributed by atoms with E-state index in [-0.39, 0.29) is 5.91 Å². The Kier molecular flexibility index (Phi) is 3.97. The first-order chi connectivity index (χ1) is 12.6. The highest BCUT2D eigenvalue weighted by Crippen LogP contribution is 2.26. The molecule has 0 aliphatic rings. The molecule has 3 aromatic carbocycles. The summed E-state index contributed by atoms with van der Waals surface area (Å²) in [5, 5.41) is 12.8. The maximum atomic E-state index is 12.9. The summed E-state index contributed by atoms with van der Waals surface area (Å²) < 4.78 is 1.84. The van der Waals surface area contributed by atoms with Crippen molar-refractivity contribution in [1.29, 1.82) is 0 Å². The van der Waals surface area contributed by atoms with E-state index in [1.165, 1.54) is 0 Å². The fourth-order valence-corrected chi connectivity index (χ4v) is 3.23.